The molecule has 3 heterocycles. The van der Waals surface area contributed by atoms with Crippen LogP contribution in [-0.4, -0.2) is 33.7 Å². The molecule has 0 unspecified atom stereocenters. The van der Waals surface area contributed by atoms with Crippen molar-refractivity contribution in [2.75, 3.05) is 18.0 Å². The second kappa shape index (κ2) is 4.00. The third-order valence-corrected chi connectivity index (χ3v) is 3.28. The quantitative estimate of drug-likeness (QED) is 0.794. The fourth-order valence-corrected chi connectivity index (χ4v) is 2.35. The zero-order valence-electron chi connectivity index (χ0n) is 10.0. The first-order chi connectivity index (χ1) is 8.24. The number of anilines is 1. The number of piperidine rings is 1. The number of aromatic nitrogens is 3. The predicted octanol–water partition coefficient (Wildman–Crippen LogP) is 0.965. The van der Waals surface area contributed by atoms with Gasteiger partial charge in [0.15, 0.2) is 5.65 Å². The van der Waals surface area contributed by atoms with E-state index in [4.69, 9.17) is 5.73 Å². The van der Waals surface area contributed by atoms with Crippen molar-refractivity contribution in [1.82, 2.24) is 14.6 Å². The highest BCUT2D eigenvalue weighted by Gasteiger charge is 2.20. The summed E-state index contributed by atoms with van der Waals surface area (Å²) in [7, 11) is 0. The summed E-state index contributed by atoms with van der Waals surface area (Å²) < 4.78 is 1.88. The molecular weight excluding hydrogens is 214 g/mol. The molecule has 0 aromatic carbocycles. The molecule has 0 bridgehead atoms. The summed E-state index contributed by atoms with van der Waals surface area (Å²) in [6.45, 7) is 3.90. The first kappa shape index (κ1) is 10.5. The Labute approximate surface area is 100 Å². The topological polar surface area (TPSA) is 59.5 Å². The zero-order valence-corrected chi connectivity index (χ0v) is 10.0. The molecule has 2 aromatic rings. The van der Waals surface area contributed by atoms with Gasteiger partial charge in [0.05, 0.1) is 0 Å². The zero-order chi connectivity index (χ0) is 11.8. The third kappa shape index (κ3) is 1.86. The molecule has 1 fully saturated rings. The molecule has 0 aliphatic carbocycles. The summed E-state index contributed by atoms with van der Waals surface area (Å²) in [5.41, 5.74) is 7.98. The average Bonchev–Trinajstić information content (AvgIpc) is 2.74. The number of pyridine rings is 1. The van der Waals surface area contributed by atoms with E-state index in [-0.39, 0.29) is 6.04 Å². The number of nitrogens with two attached hydrogens (primary N) is 1. The number of aryl methyl sites for hydroxylation is 1. The molecule has 1 atom stereocenters. The van der Waals surface area contributed by atoms with Crippen molar-refractivity contribution in [3.8, 4) is 0 Å². The van der Waals surface area contributed by atoms with Crippen molar-refractivity contribution in [3.63, 3.8) is 0 Å². The van der Waals surface area contributed by atoms with Gasteiger partial charge in [0.25, 0.3) is 0 Å². The van der Waals surface area contributed by atoms with Crippen molar-refractivity contribution in [3.05, 3.63) is 23.9 Å². The fraction of sp³-hybridized carbons (Fsp3) is 0.500. The third-order valence-electron chi connectivity index (χ3n) is 3.28. The van der Waals surface area contributed by atoms with Gasteiger partial charge in [0, 0.05) is 24.8 Å². The highest BCUT2D eigenvalue weighted by molar-refractivity contribution is 5.46. The monoisotopic (exact) mass is 231 g/mol. The first-order valence-corrected chi connectivity index (χ1v) is 6.07. The van der Waals surface area contributed by atoms with Crippen LogP contribution >= 0.6 is 0 Å². The highest BCUT2D eigenvalue weighted by Crippen LogP contribution is 2.17. The minimum absolute atomic E-state index is 0.247. The lowest BCUT2D eigenvalue weighted by Gasteiger charge is -2.29. The smallest absolute Gasteiger partial charge is 0.245 e. The van der Waals surface area contributed by atoms with Gasteiger partial charge in [0.2, 0.25) is 5.95 Å². The van der Waals surface area contributed by atoms with Crippen molar-refractivity contribution >= 4 is 11.6 Å². The summed E-state index contributed by atoms with van der Waals surface area (Å²) in [4.78, 5) is 6.74. The van der Waals surface area contributed by atoms with Gasteiger partial charge in [-0.15, -0.1) is 5.10 Å². The van der Waals surface area contributed by atoms with Gasteiger partial charge in [-0.25, -0.2) is 4.52 Å². The summed E-state index contributed by atoms with van der Waals surface area (Å²) >= 11 is 0. The molecule has 5 heteroatoms. The molecule has 90 valence electrons. The van der Waals surface area contributed by atoms with Crippen LogP contribution in [-0.2, 0) is 0 Å². The minimum atomic E-state index is 0.247. The maximum absolute atomic E-state index is 5.98. The van der Waals surface area contributed by atoms with Gasteiger partial charge in [0.1, 0.15) is 0 Å². The molecule has 3 rings (SSSR count). The maximum Gasteiger partial charge on any atom is 0.245 e. The van der Waals surface area contributed by atoms with Gasteiger partial charge in [-0.3, -0.25) is 0 Å². The van der Waals surface area contributed by atoms with E-state index >= 15 is 0 Å². The Bertz CT molecular complexity index is 533. The molecule has 2 N–H and O–H groups in total. The molecule has 0 spiro atoms. The molecule has 17 heavy (non-hydrogen) atoms. The Morgan fingerprint density at radius 2 is 2.29 bits per heavy atom. The van der Waals surface area contributed by atoms with Crippen LogP contribution in [0.4, 0.5) is 5.95 Å². The molecule has 0 amide bonds. The molecule has 1 aliphatic heterocycles. The molecule has 5 nitrogen and oxygen atoms in total. The Kier molecular flexibility index (Phi) is 2.48. The summed E-state index contributed by atoms with van der Waals surface area (Å²) in [6, 6.07) is 6.27. The number of rotatable bonds is 1. The Balaban J connectivity index is 1.97. The van der Waals surface area contributed by atoms with Gasteiger partial charge < -0.3 is 10.6 Å². The lowest BCUT2D eigenvalue weighted by molar-refractivity contribution is 0.500. The van der Waals surface area contributed by atoms with E-state index in [2.05, 4.69) is 15.0 Å². The van der Waals surface area contributed by atoms with Crippen molar-refractivity contribution in [2.45, 2.75) is 25.8 Å². The SMILES string of the molecule is Cc1cccc2nc(N3CCC[C@@H](N)C3)nn12. The van der Waals surface area contributed by atoms with Gasteiger partial charge >= 0.3 is 0 Å². The number of hydrogen-bond donors (Lipinski definition) is 1. The van der Waals surface area contributed by atoms with Crippen LogP contribution < -0.4 is 10.6 Å². The minimum Gasteiger partial charge on any atom is -0.338 e. The lowest BCUT2D eigenvalue weighted by Crippen LogP contribution is -2.43. The van der Waals surface area contributed by atoms with E-state index in [1.165, 1.54) is 0 Å². The highest BCUT2D eigenvalue weighted by atomic mass is 15.4. The number of fused-ring (bicyclic) bond motifs is 1. The second-order valence-corrected chi connectivity index (χ2v) is 4.70. The number of nitrogens with zero attached hydrogens (tertiary/aromatic N) is 4. The summed E-state index contributed by atoms with van der Waals surface area (Å²) in [5, 5.41) is 4.55. The Morgan fingerprint density at radius 3 is 3.06 bits per heavy atom. The van der Waals surface area contributed by atoms with Crippen LogP contribution in [0.3, 0.4) is 0 Å². The van der Waals surface area contributed by atoms with Crippen LogP contribution in [0.5, 0.6) is 0 Å². The van der Waals surface area contributed by atoms with Gasteiger partial charge in [-0.05, 0) is 31.9 Å². The average molecular weight is 231 g/mol. The van der Waals surface area contributed by atoms with Gasteiger partial charge in [-0.2, -0.15) is 4.98 Å². The van der Waals surface area contributed by atoms with E-state index < -0.39 is 0 Å². The van der Waals surface area contributed by atoms with E-state index in [1.807, 2.05) is 29.6 Å². The second-order valence-electron chi connectivity index (χ2n) is 4.70. The van der Waals surface area contributed by atoms with Gasteiger partial charge in [-0.1, -0.05) is 6.07 Å². The molecule has 0 saturated carbocycles. The summed E-state index contributed by atoms with van der Waals surface area (Å²) in [5.74, 6) is 0.800. The number of hydrogen-bond acceptors (Lipinski definition) is 4. The van der Waals surface area contributed by atoms with E-state index in [1.54, 1.807) is 0 Å². The normalized spacial score (nSPS) is 21.1. The largest absolute Gasteiger partial charge is 0.338 e. The fourth-order valence-electron chi connectivity index (χ4n) is 2.35. The van der Waals surface area contributed by atoms with Crippen molar-refractivity contribution < 1.29 is 0 Å². The van der Waals surface area contributed by atoms with Crippen molar-refractivity contribution in [1.29, 1.82) is 0 Å². The molecule has 2 aromatic heterocycles. The lowest BCUT2D eigenvalue weighted by atomic mass is 10.1. The van der Waals surface area contributed by atoms with Crippen LogP contribution in [0, 0.1) is 6.92 Å². The summed E-state index contributed by atoms with van der Waals surface area (Å²) in [6.07, 6.45) is 2.22. The first-order valence-electron chi connectivity index (χ1n) is 6.07. The maximum atomic E-state index is 5.98. The van der Waals surface area contributed by atoms with Crippen LogP contribution in [0.25, 0.3) is 5.65 Å². The molecule has 0 radical (unpaired) electrons. The van der Waals surface area contributed by atoms with E-state index in [9.17, 15) is 0 Å². The Hall–Kier alpha value is -1.62. The van der Waals surface area contributed by atoms with E-state index in [0.717, 1.165) is 43.2 Å². The van der Waals surface area contributed by atoms with Crippen LogP contribution in [0.2, 0.25) is 0 Å². The van der Waals surface area contributed by atoms with Crippen molar-refractivity contribution in [2.24, 2.45) is 5.73 Å². The molecule has 1 saturated heterocycles. The predicted molar refractivity (Wildman–Crippen MR) is 67.1 cm³/mol. The molecular formula is C12H17N5. The van der Waals surface area contributed by atoms with E-state index in [0.29, 0.717) is 0 Å². The molecule has 1 aliphatic rings. The Morgan fingerprint density at radius 1 is 1.41 bits per heavy atom. The van der Waals surface area contributed by atoms with Crippen LogP contribution in [0.15, 0.2) is 18.2 Å². The standard InChI is InChI=1S/C12H17N5/c1-9-4-2-6-11-14-12(15-17(9)11)16-7-3-5-10(13)8-16/h2,4,6,10H,3,5,7-8,13H2,1H3/t10-/m1/s1. The van der Waals surface area contributed by atoms with Crippen LogP contribution in [0.1, 0.15) is 18.5 Å².